The molecule has 0 radical (unpaired) electrons. The predicted octanol–water partition coefficient (Wildman–Crippen LogP) is 4.10. The molecule has 1 aromatic carbocycles. The number of carbonyl (C=O) groups is 1. The zero-order chi connectivity index (χ0) is 17.0. The van der Waals surface area contributed by atoms with Gasteiger partial charge in [0.15, 0.2) is 5.75 Å². The quantitative estimate of drug-likeness (QED) is 0.829. The Morgan fingerprint density at radius 1 is 1.35 bits per heavy atom. The molecule has 1 heterocycles. The van der Waals surface area contributed by atoms with E-state index in [4.69, 9.17) is 27.9 Å². The van der Waals surface area contributed by atoms with E-state index in [0.29, 0.717) is 27.9 Å². The standard InChI is InChI=1S/C16H18Cl2N2O2S/c1-20(2)14(10-4-5-23-9-10)8-19-16(21)11-6-12(17)15(22-3)13(18)7-11/h4-7,9,14H,8H2,1-3H3,(H,19,21)/t14-/m1/s1. The normalized spacial score (nSPS) is 12.3. The smallest absolute Gasteiger partial charge is 0.251 e. The minimum atomic E-state index is -0.224. The number of nitrogens with zero attached hydrogens (tertiary/aromatic N) is 1. The van der Waals surface area contributed by atoms with Gasteiger partial charge in [0.05, 0.1) is 23.2 Å². The molecule has 0 spiro atoms. The number of rotatable bonds is 6. The lowest BCUT2D eigenvalue weighted by Gasteiger charge is -2.24. The number of nitrogens with one attached hydrogen (secondary N) is 1. The fourth-order valence-electron chi connectivity index (χ4n) is 2.24. The lowest BCUT2D eigenvalue weighted by molar-refractivity contribution is 0.0942. The van der Waals surface area contributed by atoms with Crippen LogP contribution in [0.1, 0.15) is 22.0 Å². The van der Waals surface area contributed by atoms with Gasteiger partial charge in [-0.05, 0) is 48.6 Å². The molecule has 0 aliphatic heterocycles. The highest BCUT2D eigenvalue weighted by molar-refractivity contribution is 7.08. The van der Waals surface area contributed by atoms with Crippen LogP contribution in [0.4, 0.5) is 0 Å². The van der Waals surface area contributed by atoms with E-state index in [0.717, 1.165) is 0 Å². The Kier molecular flexibility index (Phi) is 6.30. The van der Waals surface area contributed by atoms with Crippen LogP contribution in [-0.2, 0) is 0 Å². The summed E-state index contributed by atoms with van der Waals surface area (Å²) >= 11 is 13.8. The van der Waals surface area contributed by atoms with Crippen molar-refractivity contribution in [3.8, 4) is 5.75 Å². The molecule has 124 valence electrons. The number of likely N-dealkylation sites (N-methyl/N-ethyl adjacent to an activating group) is 1. The predicted molar refractivity (Wildman–Crippen MR) is 96.1 cm³/mol. The molecule has 0 unspecified atom stereocenters. The summed E-state index contributed by atoms with van der Waals surface area (Å²) in [6, 6.07) is 5.27. The van der Waals surface area contributed by atoms with Gasteiger partial charge in [-0.1, -0.05) is 23.2 Å². The molecule has 1 atom stereocenters. The first-order chi connectivity index (χ1) is 10.9. The van der Waals surface area contributed by atoms with Gasteiger partial charge in [-0.15, -0.1) is 0 Å². The van der Waals surface area contributed by atoms with Crippen molar-refractivity contribution in [2.24, 2.45) is 0 Å². The Hall–Kier alpha value is -1.27. The third-order valence-electron chi connectivity index (χ3n) is 3.47. The Balaban J connectivity index is 2.10. The zero-order valence-corrected chi connectivity index (χ0v) is 15.4. The first-order valence-electron chi connectivity index (χ1n) is 6.93. The number of hydrogen-bond acceptors (Lipinski definition) is 4. The van der Waals surface area contributed by atoms with Crippen LogP contribution in [0.15, 0.2) is 29.0 Å². The van der Waals surface area contributed by atoms with Crippen molar-refractivity contribution in [1.29, 1.82) is 0 Å². The molecule has 1 amide bonds. The van der Waals surface area contributed by atoms with Crippen LogP contribution in [0, 0.1) is 0 Å². The number of thiophene rings is 1. The maximum Gasteiger partial charge on any atom is 0.251 e. The van der Waals surface area contributed by atoms with Crippen molar-refractivity contribution >= 4 is 40.4 Å². The Morgan fingerprint density at radius 3 is 2.48 bits per heavy atom. The van der Waals surface area contributed by atoms with Gasteiger partial charge in [0.25, 0.3) is 5.91 Å². The van der Waals surface area contributed by atoms with Crippen LogP contribution in [0.2, 0.25) is 10.0 Å². The number of halogens is 2. The van der Waals surface area contributed by atoms with Gasteiger partial charge in [-0.3, -0.25) is 4.79 Å². The number of ether oxygens (including phenoxy) is 1. The van der Waals surface area contributed by atoms with Gasteiger partial charge in [0, 0.05) is 12.1 Å². The maximum absolute atomic E-state index is 12.4. The molecular formula is C16H18Cl2N2O2S. The van der Waals surface area contributed by atoms with Crippen LogP contribution in [0.3, 0.4) is 0 Å². The highest BCUT2D eigenvalue weighted by Gasteiger charge is 2.18. The summed E-state index contributed by atoms with van der Waals surface area (Å²) in [6.07, 6.45) is 0. The lowest BCUT2D eigenvalue weighted by atomic mass is 10.1. The van der Waals surface area contributed by atoms with Crippen molar-refractivity contribution in [2.45, 2.75) is 6.04 Å². The summed E-state index contributed by atoms with van der Waals surface area (Å²) in [6.45, 7) is 0.490. The number of benzene rings is 1. The number of methoxy groups -OCH3 is 1. The molecule has 0 saturated heterocycles. The van der Waals surface area contributed by atoms with Crippen LogP contribution in [-0.4, -0.2) is 38.6 Å². The SMILES string of the molecule is COc1c(Cl)cc(C(=O)NC[C@H](c2ccsc2)N(C)C)cc1Cl. The molecule has 1 N–H and O–H groups in total. The van der Waals surface area contributed by atoms with Crippen LogP contribution < -0.4 is 10.1 Å². The van der Waals surface area contributed by atoms with Crippen molar-refractivity contribution < 1.29 is 9.53 Å². The van der Waals surface area contributed by atoms with E-state index >= 15 is 0 Å². The summed E-state index contributed by atoms with van der Waals surface area (Å²) in [4.78, 5) is 14.4. The zero-order valence-electron chi connectivity index (χ0n) is 13.1. The van der Waals surface area contributed by atoms with Crippen molar-refractivity contribution in [3.05, 3.63) is 50.1 Å². The Morgan fingerprint density at radius 2 is 2.00 bits per heavy atom. The van der Waals surface area contributed by atoms with Crippen molar-refractivity contribution in [1.82, 2.24) is 10.2 Å². The van der Waals surface area contributed by atoms with Crippen molar-refractivity contribution in [2.75, 3.05) is 27.7 Å². The highest BCUT2D eigenvalue weighted by atomic mass is 35.5. The Labute approximate surface area is 150 Å². The van der Waals surface area contributed by atoms with E-state index in [1.165, 1.54) is 12.7 Å². The first-order valence-corrected chi connectivity index (χ1v) is 8.63. The third kappa shape index (κ3) is 4.38. The molecule has 0 aliphatic rings. The Bertz CT molecular complexity index is 652. The molecular weight excluding hydrogens is 355 g/mol. The molecule has 0 fully saturated rings. The van der Waals surface area contributed by atoms with Gasteiger partial charge < -0.3 is 15.0 Å². The van der Waals surface area contributed by atoms with Crippen LogP contribution >= 0.6 is 34.5 Å². The summed E-state index contributed by atoms with van der Waals surface area (Å²) in [7, 11) is 5.45. The summed E-state index contributed by atoms with van der Waals surface area (Å²) < 4.78 is 5.09. The van der Waals surface area contributed by atoms with Gasteiger partial charge >= 0.3 is 0 Å². The average Bonchev–Trinajstić information content (AvgIpc) is 3.00. The topological polar surface area (TPSA) is 41.6 Å². The molecule has 2 rings (SSSR count). The van der Waals surface area contributed by atoms with E-state index in [9.17, 15) is 4.79 Å². The molecule has 4 nitrogen and oxygen atoms in total. The van der Waals surface area contributed by atoms with Crippen LogP contribution in [0.5, 0.6) is 5.75 Å². The summed E-state index contributed by atoms with van der Waals surface area (Å²) in [5.74, 6) is 0.146. The number of amides is 1. The summed E-state index contributed by atoms with van der Waals surface area (Å²) in [5.41, 5.74) is 1.58. The third-order valence-corrected chi connectivity index (χ3v) is 4.73. The highest BCUT2D eigenvalue weighted by Crippen LogP contribution is 2.33. The minimum Gasteiger partial charge on any atom is -0.494 e. The molecule has 7 heteroatoms. The first kappa shape index (κ1) is 18.1. The number of hydrogen-bond donors (Lipinski definition) is 1. The van der Waals surface area contributed by atoms with E-state index in [2.05, 4.69) is 21.7 Å². The largest absolute Gasteiger partial charge is 0.494 e. The summed E-state index contributed by atoms with van der Waals surface area (Å²) in [5, 5.41) is 7.66. The fourth-order valence-corrected chi connectivity index (χ4v) is 3.59. The molecule has 1 aromatic heterocycles. The van der Waals surface area contributed by atoms with E-state index in [-0.39, 0.29) is 11.9 Å². The van der Waals surface area contributed by atoms with Crippen LogP contribution in [0.25, 0.3) is 0 Å². The van der Waals surface area contributed by atoms with E-state index < -0.39 is 0 Å². The second-order valence-electron chi connectivity index (χ2n) is 5.22. The molecule has 23 heavy (non-hydrogen) atoms. The van der Waals surface area contributed by atoms with Crippen molar-refractivity contribution in [3.63, 3.8) is 0 Å². The average molecular weight is 373 g/mol. The molecule has 0 aliphatic carbocycles. The second-order valence-corrected chi connectivity index (χ2v) is 6.81. The van der Waals surface area contributed by atoms with E-state index in [1.54, 1.807) is 23.5 Å². The molecule has 2 aromatic rings. The fraction of sp³-hybridized carbons (Fsp3) is 0.312. The minimum absolute atomic E-state index is 0.106. The van der Waals surface area contributed by atoms with Gasteiger partial charge in [-0.2, -0.15) is 11.3 Å². The van der Waals surface area contributed by atoms with Gasteiger partial charge in [0.1, 0.15) is 0 Å². The number of carbonyl (C=O) groups excluding carboxylic acids is 1. The van der Waals surface area contributed by atoms with Gasteiger partial charge in [0.2, 0.25) is 0 Å². The second kappa shape index (κ2) is 8.02. The molecule has 0 saturated carbocycles. The maximum atomic E-state index is 12.4. The van der Waals surface area contributed by atoms with Gasteiger partial charge in [-0.25, -0.2) is 0 Å². The lowest BCUT2D eigenvalue weighted by Crippen LogP contribution is -2.34. The van der Waals surface area contributed by atoms with E-state index in [1.807, 2.05) is 19.5 Å². The monoisotopic (exact) mass is 372 g/mol. The molecule has 0 bridgehead atoms.